The Bertz CT molecular complexity index is 1240. The van der Waals surface area contributed by atoms with Gasteiger partial charge >= 0.3 is 0 Å². The van der Waals surface area contributed by atoms with E-state index in [0.29, 0.717) is 16.3 Å². The number of rotatable bonds is 4. The lowest BCUT2D eigenvalue weighted by molar-refractivity contribution is -0.132. The highest BCUT2D eigenvalue weighted by atomic mass is 79.9. The van der Waals surface area contributed by atoms with Gasteiger partial charge in [-0.2, -0.15) is 0 Å². The van der Waals surface area contributed by atoms with Crippen molar-refractivity contribution in [3.63, 3.8) is 0 Å². The average Bonchev–Trinajstić information content (AvgIpc) is 3.04. The number of benzene rings is 3. The Hall–Kier alpha value is -3.09. The Labute approximate surface area is 199 Å². The first-order valence-electron chi connectivity index (χ1n) is 9.79. The summed E-state index contributed by atoms with van der Waals surface area (Å²) in [5, 5.41) is 11.6. The van der Waals surface area contributed by atoms with Gasteiger partial charge in [-0.15, -0.1) is 0 Å². The maximum absolute atomic E-state index is 13.2. The number of halogens is 2. The quantitative estimate of drug-likeness (QED) is 0.263. The molecule has 0 saturated carbocycles. The minimum atomic E-state index is -0.818. The average molecular weight is 513 g/mol. The first-order chi connectivity index (χ1) is 15.3. The van der Waals surface area contributed by atoms with Gasteiger partial charge in [-0.05, 0) is 54.4 Å². The zero-order valence-electron chi connectivity index (χ0n) is 17.3. The number of aliphatic hydroxyl groups is 1. The Balaban J connectivity index is 1.99. The molecule has 0 spiro atoms. The molecule has 4 rings (SSSR count). The minimum Gasteiger partial charge on any atom is -0.507 e. The van der Waals surface area contributed by atoms with Crippen LogP contribution in [-0.2, 0) is 9.59 Å². The van der Waals surface area contributed by atoms with E-state index in [1.165, 1.54) is 12.0 Å². The molecule has 3 aromatic carbocycles. The highest BCUT2D eigenvalue weighted by Gasteiger charge is 2.47. The molecule has 5 nitrogen and oxygen atoms in total. The Morgan fingerprint density at radius 3 is 2.34 bits per heavy atom. The van der Waals surface area contributed by atoms with Gasteiger partial charge in [0.2, 0.25) is 0 Å². The van der Waals surface area contributed by atoms with E-state index in [2.05, 4.69) is 15.9 Å². The second kappa shape index (κ2) is 8.81. The van der Waals surface area contributed by atoms with Crippen molar-refractivity contribution in [2.45, 2.75) is 13.0 Å². The summed E-state index contributed by atoms with van der Waals surface area (Å²) < 4.78 is 6.24. The standard InChI is InChI=1S/C25H19BrClNO4/c1-14-12-18(24(32-2)19(27)13-14)22(29)20-21(15-6-4-3-5-7-15)28(25(31)23(20)30)17-10-8-16(26)9-11-17/h3-13,21,29H,1-2H3/b22-20+. The molecule has 1 N–H and O–H groups in total. The molecule has 32 heavy (non-hydrogen) atoms. The van der Waals surface area contributed by atoms with Crippen LogP contribution >= 0.6 is 27.5 Å². The number of carbonyl (C=O) groups is 2. The summed E-state index contributed by atoms with van der Waals surface area (Å²) in [6.45, 7) is 1.82. The van der Waals surface area contributed by atoms with Crippen molar-refractivity contribution in [2.75, 3.05) is 12.0 Å². The molecular weight excluding hydrogens is 494 g/mol. The summed E-state index contributed by atoms with van der Waals surface area (Å²) in [6, 6.07) is 18.8. The molecule has 0 bridgehead atoms. The molecule has 1 aliphatic heterocycles. The molecule has 1 amide bonds. The van der Waals surface area contributed by atoms with Crippen LogP contribution in [-0.4, -0.2) is 23.9 Å². The SMILES string of the molecule is COc1c(Cl)cc(C)cc1/C(O)=C1\C(=O)C(=O)N(c2ccc(Br)cc2)C1c1ccccc1. The number of ether oxygens (including phenoxy) is 1. The minimum absolute atomic E-state index is 0.0240. The molecule has 0 aromatic heterocycles. The summed E-state index contributed by atoms with van der Waals surface area (Å²) in [5.41, 5.74) is 2.23. The summed E-state index contributed by atoms with van der Waals surface area (Å²) in [7, 11) is 1.43. The Morgan fingerprint density at radius 1 is 1.06 bits per heavy atom. The molecule has 1 saturated heterocycles. The van der Waals surface area contributed by atoms with Gasteiger partial charge in [-0.3, -0.25) is 14.5 Å². The van der Waals surface area contributed by atoms with Crippen molar-refractivity contribution in [3.05, 3.63) is 98.5 Å². The van der Waals surface area contributed by atoms with E-state index in [4.69, 9.17) is 16.3 Å². The number of ketones is 1. The number of anilines is 1. The number of hydrogen-bond acceptors (Lipinski definition) is 4. The second-order valence-corrected chi connectivity index (χ2v) is 8.71. The predicted molar refractivity (Wildman–Crippen MR) is 128 cm³/mol. The van der Waals surface area contributed by atoms with Gasteiger partial charge in [0.05, 0.1) is 29.3 Å². The summed E-state index contributed by atoms with van der Waals surface area (Å²) >= 11 is 9.71. The van der Waals surface area contributed by atoms with Crippen molar-refractivity contribution in [3.8, 4) is 5.75 Å². The van der Waals surface area contributed by atoms with Gasteiger partial charge in [0.15, 0.2) is 0 Å². The van der Waals surface area contributed by atoms with Gasteiger partial charge < -0.3 is 9.84 Å². The van der Waals surface area contributed by atoms with Gasteiger partial charge in [-0.25, -0.2) is 0 Å². The van der Waals surface area contributed by atoms with E-state index in [1.54, 1.807) is 36.4 Å². The van der Waals surface area contributed by atoms with Crippen LogP contribution in [0.5, 0.6) is 5.75 Å². The van der Waals surface area contributed by atoms with Crippen molar-refractivity contribution in [1.29, 1.82) is 0 Å². The molecule has 162 valence electrons. The lowest BCUT2D eigenvalue weighted by atomic mass is 9.94. The number of aryl methyl sites for hydroxylation is 1. The molecule has 7 heteroatoms. The molecule has 0 aliphatic carbocycles. The molecule has 0 radical (unpaired) electrons. The third-order valence-corrected chi connectivity index (χ3v) is 6.12. The van der Waals surface area contributed by atoms with Gasteiger partial charge in [0.1, 0.15) is 11.5 Å². The van der Waals surface area contributed by atoms with E-state index in [0.717, 1.165) is 10.0 Å². The van der Waals surface area contributed by atoms with Crippen LogP contribution < -0.4 is 9.64 Å². The van der Waals surface area contributed by atoms with E-state index in [1.807, 2.05) is 37.3 Å². The van der Waals surface area contributed by atoms with Crippen LogP contribution in [0.25, 0.3) is 5.76 Å². The number of Topliss-reactive ketones (excluding diaryl/α,β-unsaturated/α-hetero) is 1. The number of nitrogens with zero attached hydrogens (tertiary/aromatic N) is 1. The first kappa shape index (κ1) is 22.1. The number of methoxy groups -OCH3 is 1. The molecule has 1 fully saturated rings. The zero-order chi connectivity index (χ0) is 23.0. The number of amides is 1. The van der Waals surface area contributed by atoms with Crippen LogP contribution in [0.2, 0.25) is 5.02 Å². The first-order valence-corrected chi connectivity index (χ1v) is 11.0. The fraction of sp³-hybridized carbons (Fsp3) is 0.120. The smallest absolute Gasteiger partial charge is 0.300 e. The normalized spacial score (nSPS) is 17.6. The monoisotopic (exact) mass is 511 g/mol. The second-order valence-electron chi connectivity index (χ2n) is 7.38. The van der Waals surface area contributed by atoms with Crippen molar-refractivity contribution < 1.29 is 19.4 Å². The molecule has 1 atom stereocenters. The molecule has 3 aromatic rings. The Kier molecular flexibility index (Phi) is 6.09. The van der Waals surface area contributed by atoms with Crippen LogP contribution in [0.4, 0.5) is 5.69 Å². The number of carbonyl (C=O) groups excluding carboxylic acids is 2. The molecule has 1 aliphatic rings. The lowest BCUT2D eigenvalue weighted by Gasteiger charge is -2.25. The van der Waals surface area contributed by atoms with Gasteiger partial charge in [0, 0.05) is 10.2 Å². The lowest BCUT2D eigenvalue weighted by Crippen LogP contribution is -2.29. The molecular formula is C25H19BrClNO4. The Morgan fingerprint density at radius 2 is 1.72 bits per heavy atom. The molecule has 1 heterocycles. The van der Waals surface area contributed by atoms with Gasteiger partial charge in [-0.1, -0.05) is 57.9 Å². The van der Waals surface area contributed by atoms with Crippen molar-refractivity contribution >= 4 is 50.7 Å². The highest BCUT2D eigenvalue weighted by molar-refractivity contribution is 9.10. The summed E-state index contributed by atoms with van der Waals surface area (Å²) in [6.07, 6.45) is 0. The fourth-order valence-corrected chi connectivity index (χ4v) is 4.52. The van der Waals surface area contributed by atoms with Crippen LogP contribution in [0, 0.1) is 6.92 Å². The van der Waals surface area contributed by atoms with Crippen molar-refractivity contribution in [1.82, 2.24) is 0 Å². The van der Waals surface area contributed by atoms with Gasteiger partial charge in [0.25, 0.3) is 11.7 Å². The molecule has 1 unspecified atom stereocenters. The van der Waals surface area contributed by atoms with E-state index < -0.39 is 17.7 Å². The maximum atomic E-state index is 13.2. The van der Waals surface area contributed by atoms with Crippen LogP contribution in [0.3, 0.4) is 0 Å². The zero-order valence-corrected chi connectivity index (χ0v) is 19.6. The van der Waals surface area contributed by atoms with Crippen LogP contribution in [0.1, 0.15) is 22.7 Å². The fourth-order valence-electron chi connectivity index (χ4n) is 3.91. The van der Waals surface area contributed by atoms with E-state index >= 15 is 0 Å². The van der Waals surface area contributed by atoms with Crippen LogP contribution in [0.15, 0.2) is 76.8 Å². The predicted octanol–water partition coefficient (Wildman–Crippen LogP) is 6.05. The number of aliphatic hydroxyl groups excluding tert-OH is 1. The topological polar surface area (TPSA) is 66.8 Å². The van der Waals surface area contributed by atoms with E-state index in [9.17, 15) is 14.7 Å². The van der Waals surface area contributed by atoms with Crippen molar-refractivity contribution in [2.24, 2.45) is 0 Å². The maximum Gasteiger partial charge on any atom is 0.300 e. The summed E-state index contributed by atoms with van der Waals surface area (Å²) in [5.74, 6) is -1.60. The largest absolute Gasteiger partial charge is 0.507 e. The number of hydrogen-bond donors (Lipinski definition) is 1. The third-order valence-electron chi connectivity index (χ3n) is 5.31. The van der Waals surface area contributed by atoms with E-state index in [-0.39, 0.29) is 22.6 Å². The highest BCUT2D eigenvalue weighted by Crippen LogP contribution is 2.44. The third kappa shape index (κ3) is 3.80. The summed E-state index contributed by atoms with van der Waals surface area (Å²) in [4.78, 5) is 27.8.